The molecule has 116 valence electrons. The minimum atomic E-state index is -0.284. The molecule has 3 aromatic rings. The van der Waals surface area contributed by atoms with Gasteiger partial charge in [-0.25, -0.2) is 0 Å². The Morgan fingerprint density at radius 1 is 1.22 bits per heavy atom. The molecule has 0 aliphatic heterocycles. The van der Waals surface area contributed by atoms with Gasteiger partial charge < -0.3 is 14.6 Å². The van der Waals surface area contributed by atoms with Gasteiger partial charge in [-0.15, -0.1) is 0 Å². The maximum Gasteiger partial charge on any atom is 0.261 e. The molecule has 3 rings (SSSR count). The normalized spacial score (nSPS) is 10.3. The Bertz CT molecular complexity index is 811. The molecule has 2 heterocycles. The number of aromatic nitrogens is 2. The Morgan fingerprint density at radius 2 is 2.00 bits per heavy atom. The lowest BCUT2D eigenvalue weighted by molar-refractivity contribution is 0.102. The molecule has 0 aliphatic carbocycles. The van der Waals surface area contributed by atoms with Crippen LogP contribution in [0.2, 0.25) is 0 Å². The lowest BCUT2D eigenvalue weighted by Gasteiger charge is -2.06. The Kier molecular flexibility index (Phi) is 4.05. The summed E-state index contributed by atoms with van der Waals surface area (Å²) in [5, 5.41) is 6.81. The molecule has 0 atom stereocenters. The third kappa shape index (κ3) is 3.06. The van der Waals surface area contributed by atoms with Gasteiger partial charge in [-0.2, -0.15) is 0 Å². The van der Waals surface area contributed by atoms with Crippen molar-refractivity contribution in [3.05, 3.63) is 60.1 Å². The van der Waals surface area contributed by atoms with Crippen LogP contribution < -0.4 is 10.1 Å². The Balaban J connectivity index is 1.89. The average Bonchev–Trinajstić information content (AvgIpc) is 2.98. The first-order chi connectivity index (χ1) is 11.2. The quantitative estimate of drug-likeness (QED) is 0.800. The van der Waals surface area contributed by atoms with Crippen LogP contribution >= 0.6 is 0 Å². The highest BCUT2D eigenvalue weighted by atomic mass is 16.5. The van der Waals surface area contributed by atoms with Gasteiger partial charge in [0, 0.05) is 23.6 Å². The maximum absolute atomic E-state index is 12.6. The smallest absolute Gasteiger partial charge is 0.261 e. The van der Waals surface area contributed by atoms with Gasteiger partial charge in [0.1, 0.15) is 22.8 Å². The van der Waals surface area contributed by atoms with Crippen LogP contribution in [0.3, 0.4) is 0 Å². The predicted molar refractivity (Wildman–Crippen MR) is 85.4 cm³/mol. The van der Waals surface area contributed by atoms with E-state index in [0.29, 0.717) is 22.7 Å². The topological polar surface area (TPSA) is 77.2 Å². The molecule has 0 bridgehead atoms. The fourth-order valence-electron chi connectivity index (χ4n) is 2.21. The summed E-state index contributed by atoms with van der Waals surface area (Å²) >= 11 is 0. The van der Waals surface area contributed by atoms with Crippen molar-refractivity contribution in [2.24, 2.45) is 0 Å². The van der Waals surface area contributed by atoms with Crippen LogP contribution in [0.15, 0.2) is 53.3 Å². The van der Waals surface area contributed by atoms with Gasteiger partial charge in [-0.3, -0.25) is 9.78 Å². The number of hydrogen-bond acceptors (Lipinski definition) is 5. The molecule has 0 radical (unpaired) electrons. The summed E-state index contributed by atoms with van der Waals surface area (Å²) in [5.41, 5.74) is 2.26. The molecule has 0 unspecified atom stereocenters. The van der Waals surface area contributed by atoms with Crippen molar-refractivity contribution in [3.8, 4) is 17.0 Å². The van der Waals surface area contributed by atoms with Crippen LogP contribution in [-0.4, -0.2) is 23.2 Å². The highest BCUT2D eigenvalue weighted by molar-refractivity contribution is 6.08. The molecule has 23 heavy (non-hydrogen) atoms. The second-order valence-electron chi connectivity index (χ2n) is 4.89. The number of amides is 1. The monoisotopic (exact) mass is 309 g/mol. The van der Waals surface area contributed by atoms with E-state index in [0.717, 1.165) is 11.3 Å². The van der Waals surface area contributed by atoms with Crippen molar-refractivity contribution in [2.45, 2.75) is 6.92 Å². The summed E-state index contributed by atoms with van der Waals surface area (Å²) in [6.07, 6.45) is 3.30. The zero-order valence-electron chi connectivity index (χ0n) is 12.7. The third-order valence-corrected chi connectivity index (χ3v) is 3.37. The van der Waals surface area contributed by atoms with E-state index in [2.05, 4.69) is 15.5 Å². The van der Waals surface area contributed by atoms with Gasteiger partial charge in [0.15, 0.2) is 0 Å². The van der Waals surface area contributed by atoms with Crippen molar-refractivity contribution >= 4 is 11.6 Å². The number of aryl methyl sites for hydroxylation is 1. The van der Waals surface area contributed by atoms with Crippen molar-refractivity contribution < 1.29 is 14.1 Å². The van der Waals surface area contributed by atoms with E-state index in [4.69, 9.17) is 9.26 Å². The molecule has 1 N–H and O–H groups in total. The number of pyridine rings is 1. The van der Waals surface area contributed by atoms with Crippen LogP contribution in [0, 0.1) is 6.92 Å². The van der Waals surface area contributed by atoms with Crippen LogP contribution in [0.1, 0.15) is 16.1 Å². The summed E-state index contributed by atoms with van der Waals surface area (Å²) in [6, 6.07) is 10.7. The van der Waals surface area contributed by atoms with Gasteiger partial charge in [-0.1, -0.05) is 5.16 Å². The zero-order chi connectivity index (χ0) is 16.2. The summed E-state index contributed by atoms with van der Waals surface area (Å²) in [7, 11) is 1.59. The fourth-order valence-corrected chi connectivity index (χ4v) is 2.21. The molecular weight excluding hydrogens is 294 g/mol. The zero-order valence-corrected chi connectivity index (χ0v) is 12.7. The number of methoxy groups -OCH3 is 1. The van der Waals surface area contributed by atoms with Crippen LogP contribution in [0.5, 0.6) is 5.75 Å². The summed E-state index contributed by atoms with van der Waals surface area (Å²) in [4.78, 5) is 16.6. The number of hydrogen-bond donors (Lipinski definition) is 1. The van der Waals surface area contributed by atoms with Gasteiger partial charge in [-0.05, 0) is 43.3 Å². The van der Waals surface area contributed by atoms with Gasteiger partial charge in [0.05, 0.1) is 7.11 Å². The van der Waals surface area contributed by atoms with Gasteiger partial charge in [0.25, 0.3) is 5.91 Å². The molecule has 0 aliphatic rings. The number of benzene rings is 1. The molecule has 1 amide bonds. The number of nitrogens with zero attached hydrogens (tertiary/aromatic N) is 2. The van der Waals surface area contributed by atoms with Crippen molar-refractivity contribution in [1.29, 1.82) is 0 Å². The molecule has 6 nitrogen and oxygen atoms in total. The molecule has 0 saturated heterocycles. The van der Waals surface area contributed by atoms with Crippen LogP contribution in [-0.2, 0) is 0 Å². The summed E-state index contributed by atoms with van der Waals surface area (Å²) in [6.45, 7) is 1.70. The number of carbonyl (C=O) groups is 1. The van der Waals surface area contributed by atoms with E-state index in [1.807, 2.05) is 6.07 Å². The summed E-state index contributed by atoms with van der Waals surface area (Å²) in [5.74, 6) is 0.892. The highest BCUT2D eigenvalue weighted by Crippen LogP contribution is 2.25. The van der Waals surface area contributed by atoms with Crippen molar-refractivity contribution in [2.75, 3.05) is 12.4 Å². The molecule has 6 heteroatoms. The minimum absolute atomic E-state index is 0.284. The number of rotatable bonds is 4. The lowest BCUT2D eigenvalue weighted by Crippen LogP contribution is -2.13. The predicted octanol–water partition coefficient (Wildman–Crippen LogP) is 3.31. The Labute approximate surface area is 133 Å². The molecule has 0 fully saturated rings. The number of carbonyl (C=O) groups excluding carboxylic acids is 1. The van der Waals surface area contributed by atoms with Crippen molar-refractivity contribution in [3.63, 3.8) is 0 Å². The first kappa shape index (κ1) is 14.8. The Hall–Kier alpha value is -3.15. The Morgan fingerprint density at radius 3 is 2.65 bits per heavy atom. The highest BCUT2D eigenvalue weighted by Gasteiger charge is 2.21. The van der Waals surface area contributed by atoms with E-state index in [1.54, 1.807) is 56.8 Å². The number of ether oxygens (including phenoxy) is 1. The fraction of sp³-hybridized carbons (Fsp3) is 0.118. The molecule has 0 saturated carbocycles. The number of anilines is 1. The van der Waals surface area contributed by atoms with E-state index in [-0.39, 0.29) is 5.91 Å². The number of nitrogens with one attached hydrogen (secondary N) is 1. The SMILES string of the molecule is COc1ccc(NC(=O)c2c(-c3cccnc3)noc2C)cc1. The van der Waals surface area contributed by atoms with E-state index in [9.17, 15) is 4.79 Å². The van der Waals surface area contributed by atoms with E-state index >= 15 is 0 Å². The van der Waals surface area contributed by atoms with Gasteiger partial charge in [0.2, 0.25) is 0 Å². The average molecular weight is 309 g/mol. The van der Waals surface area contributed by atoms with E-state index in [1.165, 1.54) is 0 Å². The minimum Gasteiger partial charge on any atom is -0.497 e. The van der Waals surface area contributed by atoms with E-state index < -0.39 is 0 Å². The van der Waals surface area contributed by atoms with Gasteiger partial charge >= 0.3 is 0 Å². The molecule has 0 spiro atoms. The van der Waals surface area contributed by atoms with Crippen molar-refractivity contribution in [1.82, 2.24) is 10.1 Å². The lowest BCUT2D eigenvalue weighted by atomic mass is 10.1. The first-order valence-electron chi connectivity index (χ1n) is 7.01. The second kappa shape index (κ2) is 6.31. The first-order valence-corrected chi connectivity index (χ1v) is 7.01. The molecular formula is C17H15N3O3. The third-order valence-electron chi connectivity index (χ3n) is 3.37. The van der Waals surface area contributed by atoms with Crippen LogP contribution in [0.25, 0.3) is 11.3 Å². The standard InChI is InChI=1S/C17H15N3O3/c1-11-15(16(20-23-11)12-4-3-9-18-10-12)17(21)19-13-5-7-14(22-2)8-6-13/h3-10H,1-2H3,(H,19,21). The summed E-state index contributed by atoms with van der Waals surface area (Å²) < 4.78 is 10.3. The largest absolute Gasteiger partial charge is 0.497 e. The van der Waals surface area contributed by atoms with Crippen LogP contribution in [0.4, 0.5) is 5.69 Å². The second-order valence-corrected chi connectivity index (χ2v) is 4.89. The molecule has 1 aromatic carbocycles. The maximum atomic E-state index is 12.6. The molecule has 2 aromatic heterocycles.